The van der Waals surface area contributed by atoms with Crippen molar-refractivity contribution in [3.63, 3.8) is 0 Å². The van der Waals surface area contributed by atoms with Gasteiger partial charge in [-0.15, -0.1) is 0 Å². The lowest BCUT2D eigenvalue weighted by molar-refractivity contribution is 0.0390. The number of alkyl carbamates (subject to hydrolysis) is 1. The Morgan fingerprint density at radius 2 is 1.80 bits per heavy atom. The first-order chi connectivity index (χ1) is 16.6. The van der Waals surface area contributed by atoms with Gasteiger partial charge in [0.1, 0.15) is 17.1 Å². The maximum atomic E-state index is 12.6. The first kappa shape index (κ1) is 24.5. The molecule has 186 valence electrons. The fourth-order valence-corrected chi connectivity index (χ4v) is 4.33. The topological polar surface area (TPSA) is 94.9 Å². The van der Waals surface area contributed by atoms with Crippen LogP contribution >= 0.6 is 0 Å². The second-order valence-electron chi connectivity index (χ2n) is 9.78. The molecule has 1 N–H and O–H groups in total. The number of rotatable bonds is 6. The number of aryl methyl sites for hydroxylation is 1. The van der Waals surface area contributed by atoms with Gasteiger partial charge in [-0.3, -0.25) is 14.7 Å². The second kappa shape index (κ2) is 9.58. The predicted molar refractivity (Wildman–Crippen MR) is 134 cm³/mol. The van der Waals surface area contributed by atoms with Gasteiger partial charge in [0.15, 0.2) is 0 Å². The van der Waals surface area contributed by atoms with Crippen LogP contribution in [-0.4, -0.2) is 59.5 Å². The molecular formula is C26H32N4O5. The molecule has 1 aliphatic heterocycles. The third-order valence-corrected chi connectivity index (χ3v) is 5.96. The number of fused-ring (bicyclic) bond motifs is 1. The highest BCUT2D eigenvalue weighted by atomic mass is 16.6. The monoisotopic (exact) mass is 480 g/mol. The van der Waals surface area contributed by atoms with E-state index in [2.05, 4.69) is 15.2 Å². The van der Waals surface area contributed by atoms with Crippen molar-refractivity contribution < 1.29 is 19.0 Å². The van der Waals surface area contributed by atoms with E-state index >= 15 is 0 Å². The van der Waals surface area contributed by atoms with E-state index in [1.54, 1.807) is 38.2 Å². The van der Waals surface area contributed by atoms with E-state index in [0.717, 1.165) is 22.1 Å². The molecule has 1 fully saturated rings. The summed E-state index contributed by atoms with van der Waals surface area (Å²) >= 11 is 0. The number of benzene rings is 1. The number of methoxy groups -OCH3 is 2. The average Bonchev–Trinajstić information content (AvgIpc) is 2.78. The second-order valence-corrected chi connectivity index (χ2v) is 9.78. The summed E-state index contributed by atoms with van der Waals surface area (Å²) in [7, 11) is 4.99. The van der Waals surface area contributed by atoms with Crippen molar-refractivity contribution in [2.45, 2.75) is 39.0 Å². The Morgan fingerprint density at radius 3 is 2.40 bits per heavy atom. The number of hydrogen-bond donors (Lipinski definition) is 1. The van der Waals surface area contributed by atoms with Crippen LogP contribution in [0.1, 0.15) is 26.3 Å². The van der Waals surface area contributed by atoms with Crippen LogP contribution in [0.3, 0.4) is 0 Å². The van der Waals surface area contributed by atoms with Gasteiger partial charge in [-0.25, -0.2) is 4.79 Å². The van der Waals surface area contributed by atoms with E-state index in [0.29, 0.717) is 36.5 Å². The van der Waals surface area contributed by atoms with Crippen molar-refractivity contribution in [2.75, 3.05) is 27.3 Å². The van der Waals surface area contributed by atoms with Crippen molar-refractivity contribution in [1.82, 2.24) is 19.8 Å². The highest BCUT2D eigenvalue weighted by Crippen LogP contribution is 2.38. The maximum absolute atomic E-state index is 12.6. The normalized spacial score (nSPS) is 14.5. The quantitative estimate of drug-likeness (QED) is 0.578. The highest BCUT2D eigenvalue weighted by molar-refractivity contribution is 5.95. The minimum atomic E-state index is -0.525. The van der Waals surface area contributed by atoms with E-state index in [4.69, 9.17) is 14.2 Å². The zero-order chi connectivity index (χ0) is 25.3. The van der Waals surface area contributed by atoms with Gasteiger partial charge in [0.25, 0.3) is 5.56 Å². The molecule has 35 heavy (non-hydrogen) atoms. The van der Waals surface area contributed by atoms with Gasteiger partial charge in [-0.2, -0.15) is 0 Å². The maximum Gasteiger partial charge on any atom is 0.407 e. The number of pyridine rings is 2. The number of hydrogen-bond acceptors (Lipinski definition) is 7. The molecule has 0 atom stereocenters. The Kier molecular flexibility index (Phi) is 6.71. The lowest BCUT2D eigenvalue weighted by atomic mass is 9.98. The van der Waals surface area contributed by atoms with Crippen LogP contribution in [0.15, 0.2) is 41.6 Å². The van der Waals surface area contributed by atoms with E-state index in [1.165, 1.54) is 0 Å². The van der Waals surface area contributed by atoms with Gasteiger partial charge < -0.3 is 24.1 Å². The summed E-state index contributed by atoms with van der Waals surface area (Å²) in [5, 5.41) is 4.28. The molecule has 3 aromatic rings. The molecule has 0 radical (unpaired) electrons. The Bertz CT molecular complexity index is 1280. The van der Waals surface area contributed by atoms with Crippen LogP contribution in [0.4, 0.5) is 4.79 Å². The summed E-state index contributed by atoms with van der Waals surface area (Å²) in [4.78, 5) is 30.9. The third-order valence-electron chi connectivity index (χ3n) is 5.96. The van der Waals surface area contributed by atoms with E-state index in [9.17, 15) is 9.59 Å². The number of nitrogens with zero attached hydrogens (tertiary/aromatic N) is 3. The Balaban J connectivity index is 1.57. The minimum Gasteiger partial charge on any atom is -0.496 e. The van der Waals surface area contributed by atoms with E-state index in [-0.39, 0.29) is 11.6 Å². The molecular weight excluding hydrogens is 448 g/mol. The number of nitrogens with one attached hydrogen (secondary N) is 1. The number of amides is 1. The van der Waals surface area contributed by atoms with Crippen LogP contribution in [0.25, 0.3) is 21.9 Å². The Hall–Kier alpha value is -3.59. The van der Waals surface area contributed by atoms with E-state index < -0.39 is 11.7 Å². The molecule has 0 spiro atoms. The van der Waals surface area contributed by atoms with Crippen molar-refractivity contribution in [3.8, 4) is 22.6 Å². The molecule has 3 heterocycles. The third kappa shape index (κ3) is 5.24. The van der Waals surface area contributed by atoms with Crippen LogP contribution < -0.4 is 20.3 Å². The van der Waals surface area contributed by atoms with Gasteiger partial charge in [0.2, 0.25) is 0 Å². The van der Waals surface area contributed by atoms with Gasteiger partial charge in [0, 0.05) is 50.8 Å². The summed E-state index contributed by atoms with van der Waals surface area (Å²) in [6, 6.07) is 5.81. The predicted octanol–water partition coefficient (Wildman–Crippen LogP) is 3.33. The summed E-state index contributed by atoms with van der Waals surface area (Å²) in [5.74, 6) is 1.39. The molecule has 1 amide bonds. The fourth-order valence-electron chi connectivity index (χ4n) is 4.33. The smallest absolute Gasteiger partial charge is 0.407 e. The summed E-state index contributed by atoms with van der Waals surface area (Å²) < 4.78 is 18.4. The average molecular weight is 481 g/mol. The number of likely N-dealkylation sites (tertiary alicyclic amines) is 1. The molecule has 9 heteroatoms. The molecule has 4 rings (SSSR count). The van der Waals surface area contributed by atoms with Gasteiger partial charge in [-0.1, -0.05) is 0 Å². The first-order valence-electron chi connectivity index (χ1n) is 11.5. The Labute approximate surface area is 204 Å². The fraction of sp³-hybridized carbons (Fsp3) is 0.423. The molecule has 0 saturated carbocycles. The standard InChI is InChI=1S/C26H32N4O5/c1-26(2,3)35-25(32)28-17-12-30(13-17)15-21-22(33-5)9-16(10-23(21)34-6)20-14-29(4)24(31)19-11-27-8-7-18(19)20/h7-11,14,17H,12-13,15H2,1-6H3,(H,28,32). The molecule has 0 aliphatic carbocycles. The summed E-state index contributed by atoms with van der Waals surface area (Å²) in [5.41, 5.74) is 2.06. The van der Waals surface area contributed by atoms with Crippen molar-refractivity contribution in [2.24, 2.45) is 7.05 Å². The number of carbonyl (C=O) groups excluding carboxylic acids is 1. The molecule has 1 aromatic carbocycles. The van der Waals surface area contributed by atoms with Crippen LogP contribution in [0, 0.1) is 0 Å². The molecule has 2 aromatic heterocycles. The van der Waals surface area contributed by atoms with Crippen LogP contribution in [-0.2, 0) is 18.3 Å². The summed E-state index contributed by atoms with van der Waals surface area (Å²) in [6.45, 7) is 7.54. The first-order valence-corrected chi connectivity index (χ1v) is 11.5. The van der Waals surface area contributed by atoms with Crippen LogP contribution in [0.2, 0.25) is 0 Å². The van der Waals surface area contributed by atoms with E-state index in [1.807, 2.05) is 45.2 Å². The number of aromatic nitrogens is 2. The van der Waals surface area contributed by atoms with Gasteiger partial charge in [-0.05, 0) is 49.9 Å². The zero-order valence-corrected chi connectivity index (χ0v) is 21.0. The molecule has 0 unspecified atom stereocenters. The number of ether oxygens (including phenoxy) is 3. The van der Waals surface area contributed by atoms with Crippen molar-refractivity contribution in [3.05, 3.63) is 52.7 Å². The van der Waals surface area contributed by atoms with Crippen molar-refractivity contribution >= 4 is 16.9 Å². The van der Waals surface area contributed by atoms with Crippen molar-refractivity contribution in [1.29, 1.82) is 0 Å². The minimum absolute atomic E-state index is 0.0340. The SMILES string of the molecule is COc1cc(-c2cn(C)c(=O)c3cnccc23)cc(OC)c1CN1CC(NC(=O)OC(C)(C)C)C1. The van der Waals surface area contributed by atoms with Crippen LogP contribution in [0.5, 0.6) is 11.5 Å². The lowest BCUT2D eigenvalue weighted by Crippen LogP contribution is -2.59. The van der Waals surface area contributed by atoms with Gasteiger partial charge in [0.05, 0.1) is 31.2 Å². The summed E-state index contributed by atoms with van der Waals surface area (Å²) in [6.07, 6.45) is 4.69. The largest absolute Gasteiger partial charge is 0.496 e. The molecule has 9 nitrogen and oxygen atoms in total. The Morgan fingerprint density at radius 1 is 1.14 bits per heavy atom. The molecule has 1 aliphatic rings. The lowest BCUT2D eigenvalue weighted by Gasteiger charge is -2.40. The highest BCUT2D eigenvalue weighted by Gasteiger charge is 2.31. The number of carbonyl (C=O) groups is 1. The molecule has 0 bridgehead atoms. The molecule has 1 saturated heterocycles. The van der Waals surface area contributed by atoms with Gasteiger partial charge >= 0.3 is 6.09 Å². The zero-order valence-electron chi connectivity index (χ0n) is 21.0.